The van der Waals surface area contributed by atoms with E-state index < -0.39 is 0 Å². The standard InChI is InChI=1S/C21H24O3/c1-13(2)20(22)23-17-12-10-16-18(24-21(3,4)5)11-9-14-7-6-8-15(17)19(14)16/h6-13,17H,1-5H3. The molecule has 0 heterocycles. The summed E-state index contributed by atoms with van der Waals surface area (Å²) in [6.07, 6.45) is 3.60. The lowest BCUT2D eigenvalue weighted by molar-refractivity contribution is -0.150. The van der Waals surface area contributed by atoms with Gasteiger partial charge in [0.05, 0.1) is 5.92 Å². The summed E-state index contributed by atoms with van der Waals surface area (Å²) in [5.74, 6) is 0.522. The second kappa shape index (κ2) is 5.97. The van der Waals surface area contributed by atoms with Gasteiger partial charge in [-0.3, -0.25) is 4.79 Å². The van der Waals surface area contributed by atoms with Crippen LogP contribution in [0.15, 0.2) is 36.4 Å². The molecule has 0 saturated heterocycles. The summed E-state index contributed by atoms with van der Waals surface area (Å²) in [7, 11) is 0. The highest BCUT2D eigenvalue weighted by atomic mass is 16.5. The largest absolute Gasteiger partial charge is 0.488 e. The predicted molar refractivity (Wildman–Crippen MR) is 97.0 cm³/mol. The molecule has 0 aliphatic heterocycles. The number of hydrogen-bond acceptors (Lipinski definition) is 3. The third kappa shape index (κ3) is 3.16. The second-order valence-corrected chi connectivity index (χ2v) is 7.51. The van der Waals surface area contributed by atoms with Crippen LogP contribution < -0.4 is 4.74 Å². The van der Waals surface area contributed by atoms with Crippen LogP contribution in [-0.4, -0.2) is 11.6 Å². The van der Waals surface area contributed by atoms with Gasteiger partial charge < -0.3 is 9.47 Å². The van der Waals surface area contributed by atoms with Crippen LogP contribution in [-0.2, 0) is 9.53 Å². The SMILES string of the molecule is CC(C)C(=O)OC1C=Cc2c(OC(C)(C)C)ccc3cccc1c23. The van der Waals surface area contributed by atoms with Gasteiger partial charge in [0.25, 0.3) is 0 Å². The normalized spacial score (nSPS) is 16.5. The van der Waals surface area contributed by atoms with E-state index in [4.69, 9.17) is 9.47 Å². The molecule has 2 aromatic rings. The average Bonchev–Trinajstić information content (AvgIpc) is 2.50. The van der Waals surface area contributed by atoms with E-state index in [1.807, 2.05) is 65.0 Å². The van der Waals surface area contributed by atoms with E-state index in [1.54, 1.807) is 0 Å². The average molecular weight is 324 g/mol. The van der Waals surface area contributed by atoms with Crippen molar-refractivity contribution in [2.45, 2.75) is 46.3 Å². The monoisotopic (exact) mass is 324 g/mol. The zero-order valence-corrected chi connectivity index (χ0v) is 14.9. The minimum absolute atomic E-state index is 0.144. The van der Waals surface area contributed by atoms with E-state index in [2.05, 4.69) is 12.1 Å². The first-order chi connectivity index (χ1) is 11.3. The van der Waals surface area contributed by atoms with Crippen molar-refractivity contribution < 1.29 is 14.3 Å². The minimum Gasteiger partial charge on any atom is -0.488 e. The maximum atomic E-state index is 12.0. The Labute approximate surface area is 143 Å². The molecule has 2 aromatic carbocycles. The summed E-state index contributed by atoms with van der Waals surface area (Å²) in [6.45, 7) is 9.80. The van der Waals surface area contributed by atoms with Gasteiger partial charge in [-0.25, -0.2) is 0 Å². The van der Waals surface area contributed by atoms with E-state index in [9.17, 15) is 4.79 Å². The molecule has 3 rings (SSSR count). The number of esters is 1. The molecule has 3 heteroatoms. The maximum Gasteiger partial charge on any atom is 0.309 e. The summed E-state index contributed by atoms with van der Waals surface area (Å²) in [4.78, 5) is 12.0. The third-order valence-electron chi connectivity index (χ3n) is 3.95. The van der Waals surface area contributed by atoms with Crippen LogP contribution in [0.25, 0.3) is 16.8 Å². The van der Waals surface area contributed by atoms with Gasteiger partial charge in [-0.1, -0.05) is 44.2 Å². The van der Waals surface area contributed by atoms with Crippen LogP contribution in [0, 0.1) is 5.92 Å². The summed E-state index contributed by atoms with van der Waals surface area (Å²) >= 11 is 0. The Morgan fingerprint density at radius 3 is 2.54 bits per heavy atom. The molecule has 0 saturated carbocycles. The van der Waals surface area contributed by atoms with Crippen molar-refractivity contribution in [1.82, 2.24) is 0 Å². The molecule has 0 N–H and O–H groups in total. The molecule has 0 spiro atoms. The molecule has 0 amide bonds. The van der Waals surface area contributed by atoms with Gasteiger partial charge in [-0.05, 0) is 43.7 Å². The molecular formula is C21H24O3. The lowest BCUT2D eigenvalue weighted by Gasteiger charge is -2.27. The molecule has 0 fully saturated rings. The Hall–Kier alpha value is -2.29. The number of benzene rings is 2. The van der Waals surface area contributed by atoms with Gasteiger partial charge in [-0.2, -0.15) is 0 Å². The van der Waals surface area contributed by atoms with E-state index in [-0.39, 0.29) is 23.6 Å². The molecule has 1 aliphatic rings. The van der Waals surface area contributed by atoms with Gasteiger partial charge >= 0.3 is 5.97 Å². The first-order valence-electron chi connectivity index (χ1n) is 8.39. The highest BCUT2D eigenvalue weighted by Crippen LogP contribution is 2.40. The molecule has 126 valence electrons. The number of carbonyl (C=O) groups excluding carboxylic acids is 1. The zero-order chi connectivity index (χ0) is 17.5. The van der Waals surface area contributed by atoms with Crippen molar-refractivity contribution in [1.29, 1.82) is 0 Å². The molecule has 1 aliphatic carbocycles. The number of rotatable bonds is 3. The van der Waals surface area contributed by atoms with Crippen molar-refractivity contribution in [3.63, 3.8) is 0 Å². The molecule has 3 nitrogen and oxygen atoms in total. The van der Waals surface area contributed by atoms with Crippen molar-refractivity contribution in [2.75, 3.05) is 0 Å². The van der Waals surface area contributed by atoms with Gasteiger partial charge in [0.1, 0.15) is 17.5 Å². The number of ether oxygens (including phenoxy) is 2. The fourth-order valence-electron chi connectivity index (χ4n) is 2.89. The van der Waals surface area contributed by atoms with Gasteiger partial charge in [-0.15, -0.1) is 0 Å². The van der Waals surface area contributed by atoms with E-state index >= 15 is 0 Å². The molecule has 0 radical (unpaired) electrons. The van der Waals surface area contributed by atoms with E-state index in [0.717, 1.165) is 27.6 Å². The quantitative estimate of drug-likeness (QED) is 0.720. The number of carbonyl (C=O) groups is 1. The minimum atomic E-state index is -0.346. The van der Waals surface area contributed by atoms with Crippen LogP contribution in [0.3, 0.4) is 0 Å². The Balaban J connectivity index is 2.09. The fourth-order valence-corrected chi connectivity index (χ4v) is 2.89. The first-order valence-corrected chi connectivity index (χ1v) is 8.39. The van der Waals surface area contributed by atoms with Gasteiger partial charge in [0, 0.05) is 11.1 Å². The van der Waals surface area contributed by atoms with Crippen LogP contribution in [0.5, 0.6) is 5.75 Å². The van der Waals surface area contributed by atoms with Crippen LogP contribution in [0.4, 0.5) is 0 Å². The predicted octanol–water partition coefficient (Wildman–Crippen LogP) is 5.28. The summed E-state index contributed by atoms with van der Waals surface area (Å²) in [6, 6.07) is 10.2. The van der Waals surface area contributed by atoms with Crippen LogP contribution >= 0.6 is 0 Å². The topological polar surface area (TPSA) is 35.5 Å². The van der Waals surface area contributed by atoms with Gasteiger partial charge in [0.15, 0.2) is 0 Å². The zero-order valence-electron chi connectivity index (χ0n) is 14.9. The first kappa shape index (κ1) is 16.6. The second-order valence-electron chi connectivity index (χ2n) is 7.51. The van der Waals surface area contributed by atoms with E-state index in [1.165, 1.54) is 0 Å². The summed E-state index contributed by atoms with van der Waals surface area (Å²) < 4.78 is 11.8. The molecule has 1 atom stereocenters. The molecule has 24 heavy (non-hydrogen) atoms. The van der Waals surface area contributed by atoms with Crippen molar-refractivity contribution >= 4 is 22.8 Å². The molecule has 0 aromatic heterocycles. The van der Waals surface area contributed by atoms with Crippen molar-refractivity contribution in [3.8, 4) is 5.75 Å². The van der Waals surface area contributed by atoms with Crippen molar-refractivity contribution in [2.24, 2.45) is 5.92 Å². The van der Waals surface area contributed by atoms with Crippen LogP contribution in [0.1, 0.15) is 51.8 Å². The lowest BCUT2D eigenvalue weighted by Crippen LogP contribution is -2.23. The smallest absolute Gasteiger partial charge is 0.309 e. The molecular weight excluding hydrogens is 300 g/mol. The molecule has 0 bridgehead atoms. The highest BCUT2D eigenvalue weighted by molar-refractivity contribution is 5.98. The van der Waals surface area contributed by atoms with E-state index in [0.29, 0.717) is 0 Å². The Morgan fingerprint density at radius 2 is 1.88 bits per heavy atom. The number of hydrogen-bond donors (Lipinski definition) is 0. The highest BCUT2D eigenvalue weighted by Gasteiger charge is 2.25. The van der Waals surface area contributed by atoms with Crippen LogP contribution in [0.2, 0.25) is 0 Å². The van der Waals surface area contributed by atoms with Crippen molar-refractivity contribution in [3.05, 3.63) is 47.5 Å². The Bertz CT molecular complexity index is 810. The molecule has 1 unspecified atom stereocenters. The summed E-state index contributed by atoms with van der Waals surface area (Å²) in [5, 5.41) is 2.22. The fraction of sp³-hybridized carbons (Fsp3) is 0.381. The summed E-state index contributed by atoms with van der Waals surface area (Å²) in [5.41, 5.74) is 1.79. The van der Waals surface area contributed by atoms with Gasteiger partial charge in [0.2, 0.25) is 0 Å². The Kier molecular flexibility index (Phi) is 4.12. The third-order valence-corrected chi connectivity index (χ3v) is 3.95. The maximum absolute atomic E-state index is 12.0. The lowest BCUT2D eigenvalue weighted by atomic mass is 9.90. The Morgan fingerprint density at radius 1 is 1.12 bits per heavy atom.